The summed E-state index contributed by atoms with van der Waals surface area (Å²) in [6.07, 6.45) is 5.70. The van der Waals surface area contributed by atoms with E-state index in [1.165, 1.54) is 6.20 Å². The van der Waals surface area contributed by atoms with Crippen molar-refractivity contribution in [2.75, 3.05) is 20.6 Å². The SMILES string of the molecule is CN(Cc1ccccc1)C(=O)c1ccnc(C(=O)N(C)CCc2ccncc2)c1. The molecule has 2 heterocycles. The number of benzene rings is 1. The summed E-state index contributed by atoms with van der Waals surface area (Å²) in [6.45, 7) is 1.05. The lowest BCUT2D eigenvalue weighted by Gasteiger charge is -2.19. The van der Waals surface area contributed by atoms with Crippen LogP contribution in [0.5, 0.6) is 0 Å². The monoisotopic (exact) mass is 388 g/mol. The molecule has 6 heteroatoms. The van der Waals surface area contributed by atoms with E-state index in [-0.39, 0.29) is 17.5 Å². The highest BCUT2D eigenvalue weighted by Gasteiger charge is 2.17. The summed E-state index contributed by atoms with van der Waals surface area (Å²) in [6, 6.07) is 16.8. The number of likely N-dealkylation sites (N-methyl/N-ethyl adjacent to an activating group) is 1. The second-order valence-electron chi connectivity index (χ2n) is 6.91. The first-order valence-corrected chi connectivity index (χ1v) is 9.44. The normalized spacial score (nSPS) is 10.4. The van der Waals surface area contributed by atoms with Crippen LogP contribution in [-0.2, 0) is 13.0 Å². The van der Waals surface area contributed by atoms with Crippen molar-refractivity contribution in [1.82, 2.24) is 19.8 Å². The van der Waals surface area contributed by atoms with Crippen LogP contribution in [0.4, 0.5) is 0 Å². The van der Waals surface area contributed by atoms with Gasteiger partial charge in [-0.2, -0.15) is 0 Å². The van der Waals surface area contributed by atoms with Gasteiger partial charge < -0.3 is 9.80 Å². The van der Waals surface area contributed by atoms with Gasteiger partial charge in [-0.1, -0.05) is 30.3 Å². The fourth-order valence-electron chi connectivity index (χ4n) is 2.97. The van der Waals surface area contributed by atoms with Crippen LogP contribution in [0.2, 0.25) is 0 Å². The lowest BCUT2D eigenvalue weighted by Crippen LogP contribution is -2.30. The molecular weight excluding hydrogens is 364 g/mol. The number of rotatable bonds is 7. The van der Waals surface area contributed by atoms with Gasteiger partial charge in [0.1, 0.15) is 5.69 Å². The Morgan fingerprint density at radius 1 is 0.828 bits per heavy atom. The van der Waals surface area contributed by atoms with Crippen molar-refractivity contribution in [3.05, 3.63) is 95.6 Å². The lowest BCUT2D eigenvalue weighted by molar-refractivity contribution is 0.0784. The van der Waals surface area contributed by atoms with Crippen molar-refractivity contribution < 1.29 is 9.59 Å². The van der Waals surface area contributed by atoms with Crippen molar-refractivity contribution >= 4 is 11.8 Å². The molecule has 0 aliphatic carbocycles. The first-order valence-electron chi connectivity index (χ1n) is 9.44. The van der Waals surface area contributed by atoms with E-state index in [0.717, 1.165) is 17.5 Å². The van der Waals surface area contributed by atoms with E-state index < -0.39 is 0 Å². The number of nitrogens with zero attached hydrogens (tertiary/aromatic N) is 4. The molecule has 1 aromatic carbocycles. The van der Waals surface area contributed by atoms with Crippen molar-refractivity contribution in [3.8, 4) is 0 Å². The zero-order valence-electron chi connectivity index (χ0n) is 16.7. The Labute approximate surface area is 170 Å². The summed E-state index contributed by atoms with van der Waals surface area (Å²) >= 11 is 0. The molecule has 3 rings (SSSR count). The number of hydrogen-bond acceptors (Lipinski definition) is 4. The van der Waals surface area contributed by atoms with E-state index in [1.807, 2.05) is 42.5 Å². The molecule has 2 amide bonds. The van der Waals surface area contributed by atoms with E-state index in [0.29, 0.717) is 18.7 Å². The Morgan fingerprint density at radius 3 is 2.28 bits per heavy atom. The first-order chi connectivity index (χ1) is 14.0. The van der Waals surface area contributed by atoms with Gasteiger partial charge in [0, 0.05) is 51.3 Å². The molecule has 3 aromatic rings. The molecule has 0 saturated heterocycles. The highest BCUT2D eigenvalue weighted by Crippen LogP contribution is 2.11. The number of carbonyl (C=O) groups excluding carboxylic acids is 2. The topological polar surface area (TPSA) is 66.4 Å². The number of pyridine rings is 2. The summed E-state index contributed by atoms with van der Waals surface area (Å²) in [7, 11) is 3.49. The number of hydrogen-bond donors (Lipinski definition) is 0. The van der Waals surface area contributed by atoms with Gasteiger partial charge in [0.25, 0.3) is 11.8 Å². The third-order valence-corrected chi connectivity index (χ3v) is 4.67. The molecule has 29 heavy (non-hydrogen) atoms. The quantitative estimate of drug-likeness (QED) is 0.624. The summed E-state index contributed by atoms with van der Waals surface area (Å²) < 4.78 is 0. The largest absolute Gasteiger partial charge is 0.340 e. The molecule has 0 radical (unpaired) electrons. The second-order valence-corrected chi connectivity index (χ2v) is 6.91. The Hall–Kier alpha value is -3.54. The number of carbonyl (C=O) groups is 2. The fraction of sp³-hybridized carbons (Fsp3) is 0.217. The zero-order valence-corrected chi connectivity index (χ0v) is 16.7. The fourth-order valence-corrected chi connectivity index (χ4v) is 2.97. The van der Waals surface area contributed by atoms with E-state index >= 15 is 0 Å². The average molecular weight is 388 g/mol. The molecule has 0 bridgehead atoms. The molecule has 0 saturated carbocycles. The van der Waals surface area contributed by atoms with Gasteiger partial charge in [-0.3, -0.25) is 19.6 Å². The van der Waals surface area contributed by atoms with Crippen LogP contribution in [-0.4, -0.2) is 52.2 Å². The second kappa shape index (κ2) is 9.59. The molecule has 2 aromatic heterocycles. The van der Waals surface area contributed by atoms with Gasteiger partial charge >= 0.3 is 0 Å². The Kier molecular flexibility index (Phi) is 6.68. The molecule has 0 atom stereocenters. The number of aromatic nitrogens is 2. The van der Waals surface area contributed by atoms with Crippen LogP contribution < -0.4 is 0 Å². The van der Waals surface area contributed by atoms with Gasteiger partial charge in [0.15, 0.2) is 0 Å². The van der Waals surface area contributed by atoms with E-state index in [9.17, 15) is 9.59 Å². The minimum Gasteiger partial charge on any atom is -0.340 e. The molecule has 0 fully saturated rings. The third-order valence-electron chi connectivity index (χ3n) is 4.67. The summed E-state index contributed by atoms with van der Waals surface area (Å²) in [5, 5.41) is 0. The Balaban J connectivity index is 1.64. The van der Waals surface area contributed by atoms with Gasteiger partial charge in [-0.25, -0.2) is 0 Å². The summed E-state index contributed by atoms with van der Waals surface area (Å²) in [5.74, 6) is -0.357. The molecule has 6 nitrogen and oxygen atoms in total. The predicted molar refractivity (Wildman–Crippen MR) is 111 cm³/mol. The van der Waals surface area contributed by atoms with E-state index in [1.54, 1.807) is 48.4 Å². The minimum absolute atomic E-state index is 0.148. The van der Waals surface area contributed by atoms with E-state index in [4.69, 9.17) is 0 Å². The molecule has 0 aliphatic heterocycles. The maximum atomic E-state index is 12.8. The van der Waals surface area contributed by atoms with Crippen LogP contribution in [0.25, 0.3) is 0 Å². The maximum Gasteiger partial charge on any atom is 0.272 e. The van der Waals surface area contributed by atoms with E-state index in [2.05, 4.69) is 9.97 Å². The van der Waals surface area contributed by atoms with Gasteiger partial charge in [-0.15, -0.1) is 0 Å². The standard InChI is InChI=1S/C23H24N4O2/c1-26(15-11-18-8-12-24-13-9-18)23(29)21-16-20(10-14-25-21)22(28)27(2)17-19-6-4-3-5-7-19/h3-10,12-14,16H,11,15,17H2,1-2H3. The third kappa shape index (κ3) is 5.48. The smallest absolute Gasteiger partial charge is 0.272 e. The van der Waals surface area contributed by atoms with Crippen LogP contribution in [0.3, 0.4) is 0 Å². The van der Waals surface area contributed by atoms with Crippen molar-refractivity contribution in [2.24, 2.45) is 0 Å². The van der Waals surface area contributed by atoms with Crippen molar-refractivity contribution in [3.63, 3.8) is 0 Å². The first kappa shape index (κ1) is 20.2. The average Bonchev–Trinajstić information content (AvgIpc) is 2.78. The van der Waals surface area contributed by atoms with Gasteiger partial charge in [0.05, 0.1) is 0 Å². The summed E-state index contributed by atoms with van der Waals surface area (Å²) in [4.78, 5) is 36.9. The Bertz CT molecular complexity index is 961. The molecule has 0 N–H and O–H groups in total. The Morgan fingerprint density at radius 2 is 1.55 bits per heavy atom. The van der Waals surface area contributed by atoms with Crippen molar-refractivity contribution in [2.45, 2.75) is 13.0 Å². The minimum atomic E-state index is -0.209. The highest BCUT2D eigenvalue weighted by molar-refractivity contribution is 5.98. The predicted octanol–water partition coefficient (Wildman–Crippen LogP) is 3.06. The van der Waals surface area contributed by atoms with Gasteiger partial charge in [0.2, 0.25) is 0 Å². The molecule has 0 unspecified atom stereocenters. The van der Waals surface area contributed by atoms with Gasteiger partial charge in [-0.05, 0) is 41.8 Å². The maximum absolute atomic E-state index is 12.8. The van der Waals surface area contributed by atoms with Crippen LogP contribution in [0.1, 0.15) is 32.0 Å². The zero-order chi connectivity index (χ0) is 20.6. The molecular formula is C23H24N4O2. The molecule has 148 valence electrons. The van der Waals surface area contributed by atoms with Crippen LogP contribution >= 0.6 is 0 Å². The lowest BCUT2D eigenvalue weighted by atomic mass is 10.1. The van der Waals surface area contributed by atoms with Crippen LogP contribution in [0, 0.1) is 0 Å². The summed E-state index contributed by atoms with van der Waals surface area (Å²) in [5.41, 5.74) is 2.87. The van der Waals surface area contributed by atoms with Crippen molar-refractivity contribution in [1.29, 1.82) is 0 Å². The number of amides is 2. The highest BCUT2D eigenvalue weighted by atomic mass is 16.2. The molecule has 0 spiro atoms. The molecule has 0 aliphatic rings. The van der Waals surface area contributed by atoms with Crippen LogP contribution in [0.15, 0.2) is 73.2 Å².